The Kier molecular flexibility index (Phi) is 5.37. The van der Waals surface area contributed by atoms with Crippen molar-refractivity contribution < 1.29 is 9.59 Å². The normalized spacial score (nSPS) is 22.7. The van der Waals surface area contributed by atoms with Crippen LogP contribution < -0.4 is 11.1 Å². The van der Waals surface area contributed by atoms with Crippen LogP contribution in [0, 0.1) is 5.92 Å². The molecule has 3 N–H and O–H groups in total. The zero-order valence-electron chi connectivity index (χ0n) is 13.6. The number of nitrogens with two attached hydrogens (primary N) is 1. The molecular formula is C17H22ClN3O2S. The van der Waals surface area contributed by atoms with Gasteiger partial charge < -0.3 is 16.0 Å². The minimum absolute atomic E-state index is 0.0446. The summed E-state index contributed by atoms with van der Waals surface area (Å²) in [6.45, 7) is 3.49. The van der Waals surface area contributed by atoms with Gasteiger partial charge in [-0.1, -0.05) is 11.6 Å². The van der Waals surface area contributed by atoms with Gasteiger partial charge in [0.05, 0.1) is 10.9 Å². The van der Waals surface area contributed by atoms with E-state index in [4.69, 9.17) is 17.3 Å². The van der Waals surface area contributed by atoms with Gasteiger partial charge >= 0.3 is 0 Å². The molecule has 2 unspecified atom stereocenters. The maximum Gasteiger partial charge on any atom is 0.238 e. The van der Waals surface area contributed by atoms with E-state index in [1.165, 1.54) is 11.8 Å². The van der Waals surface area contributed by atoms with Crippen molar-refractivity contribution >= 4 is 40.9 Å². The van der Waals surface area contributed by atoms with Crippen molar-refractivity contribution in [2.45, 2.75) is 42.4 Å². The quantitative estimate of drug-likeness (QED) is 0.861. The molecule has 0 aliphatic carbocycles. The van der Waals surface area contributed by atoms with Gasteiger partial charge in [0, 0.05) is 35.5 Å². The average molecular weight is 368 g/mol. The van der Waals surface area contributed by atoms with E-state index in [0.29, 0.717) is 10.9 Å². The van der Waals surface area contributed by atoms with Crippen LogP contribution in [0.1, 0.15) is 26.2 Å². The first-order valence-corrected chi connectivity index (χ1v) is 9.50. The predicted molar refractivity (Wildman–Crippen MR) is 97.3 cm³/mol. The predicted octanol–water partition coefficient (Wildman–Crippen LogP) is 2.73. The fourth-order valence-corrected chi connectivity index (χ4v) is 4.47. The molecule has 24 heavy (non-hydrogen) atoms. The van der Waals surface area contributed by atoms with Crippen molar-refractivity contribution in [2.24, 2.45) is 11.7 Å². The van der Waals surface area contributed by atoms with E-state index in [-0.39, 0.29) is 24.3 Å². The van der Waals surface area contributed by atoms with Crippen molar-refractivity contribution in [2.75, 3.05) is 18.4 Å². The largest absolute Gasteiger partial charge is 0.343 e. The van der Waals surface area contributed by atoms with E-state index >= 15 is 0 Å². The van der Waals surface area contributed by atoms with E-state index in [9.17, 15) is 9.59 Å². The number of carbonyl (C=O) groups excluding carboxylic acids is 2. The molecule has 130 valence electrons. The number of thioether (sulfide) groups is 1. The average Bonchev–Trinajstić information content (AvgIpc) is 2.55. The third-order valence-electron chi connectivity index (χ3n) is 4.76. The molecule has 0 saturated carbocycles. The van der Waals surface area contributed by atoms with Crippen LogP contribution >= 0.6 is 23.4 Å². The van der Waals surface area contributed by atoms with Gasteiger partial charge in [-0.25, -0.2) is 0 Å². The van der Waals surface area contributed by atoms with E-state index < -0.39 is 5.25 Å². The SMILES string of the molecule is CC(N)C1CCN(C(=O)CC2Sc3ccc(Cl)cc3NC2=O)CC1. The number of anilines is 1. The summed E-state index contributed by atoms with van der Waals surface area (Å²) in [5.74, 6) is 0.398. The molecule has 3 rings (SSSR count). The highest BCUT2D eigenvalue weighted by Crippen LogP contribution is 2.38. The number of carbonyl (C=O) groups is 2. The van der Waals surface area contributed by atoms with Crippen molar-refractivity contribution in [3.05, 3.63) is 23.2 Å². The molecule has 0 spiro atoms. The highest BCUT2D eigenvalue weighted by molar-refractivity contribution is 8.01. The standard InChI is InChI=1S/C17H22ClN3O2S/c1-10(19)11-4-6-21(7-5-11)16(22)9-15-17(23)20-13-8-12(18)2-3-14(13)24-15/h2-3,8,10-11,15H,4-7,9,19H2,1H3,(H,20,23). The Balaban J connectivity index is 1.59. The Morgan fingerprint density at radius 2 is 2.17 bits per heavy atom. The van der Waals surface area contributed by atoms with Gasteiger partial charge in [-0.15, -0.1) is 11.8 Å². The zero-order chi connectivity index (χ0) is 17.3. The van der Waals surface area contributed by atoms with Crippen molar-refractivity contribution in [3.8, 4) is 0 Å². The minimum atomic E-state index is -0.391. The van der Waals surface area contributed by atoms with Crippen LogP contribution in [0.3, 0.4) is 0 Å². The number of benzene rings is 1. The number of hydrogen-bond acceptors (Lipinski definition) is 4. The summed E-state index contributed by atoms with van der Waals surface area (Å²) in [5.41, 5.74) is 6.66. The molecule has 1 saturated heterocycles. The third kappa shape index (κ3) is 3.87. The fourth-order valence-electron chi connectivity index (χ4n) is 3.22. The second-order valence-corrected chi connectivity index (χ2v) is 8.20. The molecule has 2 heterocycles. The maximum atomic E-state index is 12.5. The lowest BCUT2D eigenvalue weighted by molar-refractivity contribution is -0.134. The third-order valence-corrected chi connectivity index (χ3v) is 6.27. The molecule has 5 nitrogen and oxygen atoms in total. The van der Waals surface area contributed by atoms with Gasteiger partial charge in [0.1, 0.15) is 0 Å². The molecule has 1 aromatic carbocycles. The molecule has 2 amide bonds. The molecule has 2 aliphatic rings. The van der Waals surface area contributed by atoms with Crippen LogP contribution in [-0.4, -0.2) is 41.1 Å². The molecule has 0 radical (unpaired) electrons. The lowest BCUT2D eigenvalue weighted by atomic mass is 9.91. The Bertz CT molecular complexity index is 645. The van der Waals surface area contributed by atoms with Crippen LogP contribution in [0.2, 0.25) is 5.02 Å². The van der Waals surface area contributed by atoms with Crippen LogP contribution in [0.5, 0.6) is 0 Å². The maximum absolute atomic E-state index is 12.5. The number of amides is 2. The van der Waals surface area contributed by atoms with Crippen molar-refractivity contribution in [1.82, 2.24) is 4.90 Å². The molecule has 0 bridgehead atoms. The van der Waals surface area contributed by atoms with Gasteiger partial charge in [0.15, 0.2) is 0 Å². The monoisotopic (exact) mass is 367 g/mol. The van der Waals surface area contributed by atoms with Gasteiger partial charge in [-0.2, -0.15) is 0 Å². The number of hydrogen-bond donors (Lipinski definition) is 2. The molecule has 0 aromatic heterocycles. The minimum Gasteiger partial charge on any atom is -0.343 e. The number of likely N-dealkylation sites (tertiary alicyclic amines) is 1. The van der Waals surface area contributed by atoms with Crippen LogP contribution in [0.25, 0.3) is 0 Å². The lowest BCUT2D eigenvalue weighted by Crippen LogP contribution is -2.44. The second-order valence-electron chi connectivity index (χ2n) is 6.52. The summed E-state index contributed by atoms with van der Waals surface area (Å²) in [7, 11) is 0. The Morgan fingerprint density at radius 1 is 1.46 bits per heavy atom. The van der Waals surface area contributed by atoms with Crippen LogP contribution in [0.4, 0.5) is 5.69 Å². The second kappa shape index (κ2) is 7.33. The summed E-state index contributed by atoms with van der Waals surface area (Å²) in [4.78, 5) is 27.6. The number of fused-ring (bicyclic) bond motifs is 1. The summed E-state index contributed by atoms with van der Waals surface area (Å²) in [6.07, 6.45) is 2.10. The smallest absolute Gasteiger partial charge is 0.238 e. The number of rotatable bonds is 3. The molecule has 7 heteroatoms. The first-order chi connectivity index (χ1) is 11.4. The Hall–Kier alpha value is -1.24. The summed E-state index contributed by atoms with van der Waals surface area (Å²) in [5, 5.41) is 3.04. The molecule has 1 aromatic rings. The van der Waals surface area contributed by atoms with Crippen molar-refractivity contribution in [1.29, 1.82) is 0 Å². The van der Waals surface area contributed by atoms with E-state index in [2.05, 4.69) is 5.32 Å². The lowest BCUT2D eigenvalue weighted by Gasteiger charge is -2.34. The highest BCUT2D eigenvalue weighted by atomic mass is 35.5. The van der Waals surface area contributed by atoms with Crippen LogP contribution in [-0.2, 0) is 9.59 Å². The molecule has 2 aliphatic heterocycles. The number of nitrogens with one attached hydrogen (secondary N) is 1. The summed E-state index contributed by atoms with van der Waals surface area (Å²) < 4.78 is 0. The van der Waals surface area contributed by atoms with Crippen molar-refractivity contribution in [3.63, 3.8) is 0 Å². The molecular weight excluding hydrogens is 346 g/mol. The van der Waals surface area contributed by atoms with E-state index in [1.54, 1.807) is 12.1 Å². The van der Waals surface area contributed by atoms with Crippen LogP contribution in [0.15, 0.2) is 23.1 Å². The Labute approximate surface area is 151 Å². The number of halogens is 1. The van der Waals surface area contributed by atoms with Gasteiger partial charge in [-0.3, -0.25) is 9.59 Å². The highest BCUT2D eigenvalue weighted by Gasteiger charge is 2.32. The van der Waals surface area contributed by atoms with Gasteiger partial charge in [0.2, 0.25) is 11.8 Å². The van der Waals surface area contributed by atoms with E-state index in [0.717, 1.165) is 36.5 Å². The topological polar surface area (TPSA) is 75.4 Å². The first-order valence-electron chi connectivity index (χ1n) is 8.24. The van der Waals surface area contributed by atoms with Gasteiger partial charge in [0.25, 0.3) is 0 Å². The molecule has 2 atom stereocenters. The number of piperidine rings is 1. The Morgan fingerprint density at radius 3 is 2.83 bits per heavy atom. The zero-order valence-corrected chi connectivity index (χ0v) is 15.2. The summed E-state index contributed by atoms with van der Waals surface area (Å²) in [6, 6.07) is 5.58. The van der Waals surface area contributed by atoms with Gasteiger partial charge in [-0.05, 0) is 43.9 Å². The first kappa shape index (κ1) is 17.6. The van der Waals surface area contributed by atoms with E-state index in [1.807, 2.05) is 17.9 Å². The number of nitrogens with zero attached hydrogens (tertiary/aromatic N) is 1. The molecule has 1 fully saturated rings. The fraction of sp³-hybridized carbons (Fsp3) is 0.529. The summed E-state index contributed by atoms with van der Waals surface area (Å²) >= 11 is 7.38.